The number of anilines is 1. The lowest BCUT2D eigenvalue weighted by Crippen LogP contribution is -2.12. The maximum Gasteiger partial charge on any atom is 0.288 e. The van der Waals surface area contributed by atoms with Gasteiger partial charge in [-0.3, -0.25) is 4.79 Å². The van der Waals surface area contributed by atoms with Crippen LogP contribution in [0, 0.1) is 0 Å². The first-order chi connectivity index (χ1) is 12.6. The molecule has 0 aliphatic rings. The Bertz CT molecular complexity index is 874. The molecule has 1 amide bonds. The molecule has 1 N–H and O–H groups in total. The molecule has 3 nitrogen and oxygen atoms in total. The average Bonchev–Trinajstić information content (AvgIpc) is 2.64. The number of nitrogens with one attached hydrogen (secondary N) is 1. The highest BCUT2D eigenvalue weighted by atomic mass is 32.2. The number of para-hydroxylation sites is 1. The zero-order chi connectivity index (χ0) is 18.4. The van der Waals surface area contributed by atoms with Gasteiger partial charge in [0.2, 0.25) is 0 Å². The lowest BCUT2D eigenvalue weighted by Gasteiger charge is -2.10. The molecule has 0 atom stereocenters. The van der Waals surface area contributed by atoms with Crippen molar-refractivity contribution in [2.75, 3.05) is 5.32 Å². The molecular formula is C19H14F2N2OS2. The number of amides is 1. The van der Waals surface area contributed by atoms with Crippen LogP contribution in [-0.2, 0) is 0 Å². The lowest BCUT2D eigenvalue weighted by molar-refractivity contribution is 0.102. The summed E-state index contributed by atoms with van der Waals surface area (Å²) in [7, 11) is 0. The number of nitrogens with zero attached hydrogens (tertiary/aromatic N) is 1. The van der Waals surface area contributed by atoms with Crippen LogP contribution in [0.4, 0.5) is 14.5 Å². The first kappa shape index (κ1) is 18.4. The number of rotatable bonds is 6. The van der Waals surface area contributed by atoms with Crippen LogP contribution < -0.4 is 5.32 Å². The van der Waals surface area contributed by atoms with Crippen molar-refractivity contribution >= 4 is 35.1 Å². The standard InChI is InChI=1S/C19H14F2N2OS2/c20-19(21)26-16-6-2-1-5-15(16)23-18(24)13-8-10-14(11-9-13)25-17-7-3-4-12-22-17/h1-12,19H,(H,23,24). The molecule has 0 saturated carbocycles. The average molecular weight is 388 g/mol. The van der Waals surface area contributed by atoms with Gasteiger partial charge in [-0.1, -0.05) is 41.7 Å². The second-order valence-corrected chi connectivity index (χ2v) is 7.25. The number of benzene rings is 2. The topological polar surface area (TPSA) is 42.0 Å². The van der Waals surface area contributed by atoms with Crippen molar-refractivity contribution in [3.05, 3.63) is 78.5 Å². The van der Waals surface area contributed by atoms with E-state index < -0.39 is 5.76 Å². The van der Waals surface area contributed by atoms with Crippen LogP contribution in [0.2, 0.25) is 0 Å². The Morgan fingerprint density at radius 3 is 2.38 bits per heavy atom. The van der Waals surface area contributed by atoms with Crippen molar-refractivity contribution in [3.8, 4) is 0 Å². The van der Waals surface area contributed by atoms with Gasteiger partial charge in [0.15, 0.2) is 0 Å². The van der Waals surface area contributed by atoms with Crippen molar-refractivity contribution in [1.82, 2.24) is 4.98 Å². The van der Waals surface area contributed by atoms with E-state index >= 15 is 0 Å². The maximum absolute atomic E-state index is 12.6. The number of thioether (sulfide) groups is 1. The Hall–Kier alpha value is -2.38. The molecule has 0 radical (unpaired) electrons. The summed E-state index contributed by atoms with van der Waals surface area (Å²) >= 11 is 1.90. The quantitative estimate of drug-likeness (QED) is 0.542. The van der Waals surface area contributed by atoms with Gasteiger partial charge in [-0.2, -0.15) is 8.78 Å². The highest BCUT2D eigenvalue weighted by molar-refractivity contribution is 7.99. The number of carbonyl (C=O) groups excluding carboxylic acids is 1. The molecule has 0 spiro atoms. The van der Waals surface area contributed by atoms with Gasteiger partial charge in [-0.25, -0.2) is 4.98 Å². The molecule has 0 aliphatic carbocycles. The predicted molar refractivity (Wildman–Crippen MR) is 101 cm³/mol. The van der Waals surface area contributed by atoms with E-state index in [9.17, 15) is 13.6 Å². The molecule has 2 aromatic carbocycles. The predicted octanol–water partition coefficient (Wildman–Crippen LogP) is 5.80. The number of carbonyl (C=O) groups is 1. The van der Waals surface area contributed by atoms with Crippen molar-refractivity contribution in [3.63, 3.8) is 0 Å². The fourth-order valence-electron chi connectivity index (χ4n) is 2.17. The van der Waals surface area contributed by atoms with E-state index in [-0.39, 0.29) is 5.91 Å². The van der Waals surface area contributed by atoms with Gasteiger partial charge in [0, 0.05) is 21.6 Å². The zero-order valence-electron chi connectivity index (χ0n) is 13.4. The van der Waals surface area contributed by atoms with Crippen LogP contribution in [0.15, 0.2) is 87.7 Å². The summed E-state index contributed by atoms with van der Waals surface area (Å²) in [4.78, 5) is 17.9. The Morgan fingerprint density at radius 1 is 0.962 bits per heavy atom. The third-order valence-corrected chi connectivity index (χ3v) is 5.07. The summed E-state index contributed by atoms with van der Waals surface area (Å²) in [5.74, 6) is -2.89. The summed E-state index contributed by atoms with van der Waals surface area (Å²) in [5.41, 5.74) is 0.821. The SMILES string of the molecule is O=C(Nc1ccccc1SC(F)F)c1ccc(Sc2ccccn2)cc1. The summed E-state index contributed by atoms with van der Waals surface area (Å²) in [5, 5.41) is 3.55. The Morgan fingerprint density at radius 2 is 1.69 bits per heavy atom. The van der Waals surface area contributed by atoms with E-state index in [1.165, 1.54) is 11.8 Å². The van der Waals surface area contributed by atoms with Gasteiger partial charge in [-0.05, 0) is 48.5 Å². The molecule has 26 heavy (non-hydrogen) atoms. The third-order valence-electron chi connectivity index (χ3n) is 3.33. The summed E-state index contributed by atoms with van der Waals surface area (Å²) in [6, 6.07) is 19.2. The normalized spacial score (nSPS) is 10.7. The number of hydrogen-bond acceptors (Lipinski definition) is 4. The van der Waals surface area contributed by atoms with E-state index in [0.29, 0.717) is 27.9 Å². The molecule has 0 unspecified atom stereocenters. The molecule has 132 valence electrons. The smallest absolute Gasteiger partial charge is 0.288 e. The van der Waals surface area contributed by atoms with Crippen LogP contribution in [0.1, 0.15) is 10.4 Å². The Balaban J connectivity index is 1.69. The van der Waals surface area contributed by atoms with Gasteiger partial charge in [-0.15, -0.1) is 0 Å². The number of aromatic nitrogens is 1. The second kappa shape index (κ2) is 8.82. The molecule has 3 aromatic rings. The molecule has 1 heterocycles. The van der Waals surface area contributed by atoms with Gasteiger partial charge in [0.05, 0.1) is 5.69 Å². The summed E-state index contributed by atoms with van der Waals surface area (Å²) in [6.45, 7) is 0. The van der Waals surface area contributed by atoms with E-state index in [1.54, 1.807) is 42.6 Å². The molecule has 7 heteroatoms. The van der Waals surface area contributed by atoms with Crippen molar-refractivity contribution in [2.24, 2.45) is 0 Å². The van der Waals surface area contributed by atoms with Crippen molar-refractivity contribution in [2.45, 2.75) is 20.6 Å². The maximum atomic E-state index is 12.6. The number of pyridine rings is 1. The molecule has 0 saturated heterocycles. The van der Waals surface area contributed by atoms with Gasteiger partial charge in [0.1, 0.15) is 5.03 Å². The Labute approximate surface area is 158 Å². The van der Waals surface area contributed by atoms with E-state index in [0.717, 1.165) is 9.92 Å². The molecule has 1 aromatic heterocycles. The third kappa shape index (κ3) is 5.06. The molecule has 0 fully saturated rings. The van der Waals surface area contributed by atoms with E-state index in [1.807, 2.05) is 30.3 Å². The number of alkyl halides is 2. The van der Waals surface area contributed by atoms with Crippen LogP contribution in [0.3, 0.4) is 0 Å². The van der Waals surface area contributed by atoms with E-state index in [2.05, 4.69) is 10.3 Å². The van der Waals surface area contributed by atoms with Crippen LogP contribution in [-0.4, -0.2) is 16.6 Å². The molecular weight excluding hydrogens is 374 g/mol. The lowest BCUT2D eigenvalue weighted by atomic mass is 10.2. The van der Waals surface area contributed by atoms with Gasteiger partial charge < -0.3 is 5.32 Å². The number of halogens is 2. The van der Waals surface area contributed by atoms with Gasteiger partial charge >= 0.3 is 0 Å². The van der Waals surface area contributed by atoms with Crippen LogP contribution >= 0.6 is 23.5 Å². The molecule has 0 aliphatic heterocycles. The zero-order valence-corrected chi connectivity index (χ0v) is 15.1. The van der Waals surface area contributed by atoms with Gasteiger partial charge in [0.25, 0.3) is 11.7 Å². The second-order valence-electron chi connectivity index (χ2n) is 5.12. The summed E-state index contributed by atoms with van der Waals surface area (Å²) in [6.07, 6.45) is 1.72. The fraction of sp³-hybridized carbons (Fsp3) is 0.0526. The molecule has 3 rings (SSSR count). The Kier molecular flexibility index (Phi) is 6.25. The summed E-state index contributed by atoms with van der Waals surface area (Å²) < 4.78 is 25.3. The highest BCUT2D eigenvalue weighted by Crippen LogP contribution is 2.32. The first-order valence-electron chi connectivity index (χ1n) is 7.66. The minimum atomic E-state index is -2.55. The van der Waals surface area contributed by atoms with Crippen molar-refractivity contribution < 1.29 is 13.6 Å². The van der Waals surface area contributed by atoms with Crippen LogP contribution in [0.5, 0.6) is 0 Å². The largest absolute Gasteiger partial charge is 0.321 e. The molecule has 0 bridgehead atoms. The first-order valence-corrected chi connectivity index (χ1v) is 9.35. The van der Waals surface area contributed by atoms with Crippen LogP contribution in [0.25, 0.3) is 0 Å². The minimum Gasteiger partial charge on any atom is -0.321 e. The van der Waals surface area contributed by atoms with E-state index in [4.69, 9.17) is 0 Å². The highest BCUT2D eigenvalue weighted by Gasteiger charge is 2.13. The fourth-order valence-corrected chi connectivity index (χ4v) is 3.53. The van der Waals surface area contributed by atoms with Crippen molar-refractivity contribution in [1.29, 1.82) is 0 Å². The minimum absolute atomic E-state index is 0.332. The monoisotopic (exact) mass is 388 g/mol. The number of hydrogen-bond donors (Lipinski definition) is 1.